The van der Waals surface area contributed by atoms with Gasteiger partial charge in [-0.15, -0.1) is 0 Å². The van der Waals surface area contributed by atoms with Gasteiger partial charge in [-0.2, -0.15) is 9.78 Å². The van der Waals surface area contributed by atoms with Crippen LogP contribution in [0.1, 0.15) is 36.7 Å². The summed E-state index contributed by atoms with van der Waals surface area (Å²) in [6.45, 7) is 3.76. The summed E-state index contributed by atoms with van der Waals surface area (Å²) in [4.78, 5) is 29.1. The van der Waals surface area contributed by atoms with Gasteiger partial charge in [0.05, 0.1) is 22.0 Å². The SMILES string of the molecule is CC(C)c1nc2ccc(Br)cc2c(=O)n1N=Cc1cc(Cl)cc([N+](=O)[O-])c1OCc1ccccc1Cl. The van der Waals surface area contributed by atoms with E-state index in [9.17, 15) is 14.9 Å². The fraction of sp³-hybridized carbons (Fsp3) is 0.160. The predicted octanol–water partition coefficient (Wildman–Crippen LogP) is 6.96. The molecule has 8 nitrogen and oxygen atoms in total. The van der Waals surface area contributed by atoms with Gasteiger partial charge in [-0.25, -0.2) is 4.98 Å². The zero-order valence-electron chi connectivity index (χ0n) is 19.1. The first-order valence-electron chi connectivity index (χ1n) is 10.8. The molecule has 1 aromatic heterocycles. The average Bonchev–Trinajstić information content (AvgIpc) is 2.83. The Balaban J connectivity index is 1.84. The molecular formula is C25H19BrCl2N4O4. The lowest BCUT2D eigenvalue weighted by Crippen LogP contribution is -2.23. The standard InChI is InChI=1S/C25H19BrCl2N4O4/c1-14(2)24-30-21-8-7-17(26)10-19(21)25(33)31(24)29-12-16-9-18(27)11-22(32(34)35)23(16)36-13-15-5-3-4-6-20(15)28/h3-12,14H,13H2,1-2H3. The van der Waals surface area contributed by atoms with Crippen molar-refractivity contribution in [2.75, 3.05) is 0 Å². The minimum absolute atomic E-state index is 0.0221. The molecule has 0 aliphatic carbocycles. The van der Waals surface area contributed by atoms with E-state index in [-0.39, 0.29) is 40.1 Å². The van der Waals surface area contributed by atoms with Crippen LogP contribution in [0.4, 0.5) is 5.69 Å². The van der Waals surface area contributed by atoms with Gasteiger partial charge in [-0.05, 0) is 30.3 Å². The average molecular weight is 590 g/mol. The summed E-state index contributed by atoms with van der Waals surface area (Å²) < 4.78 is 7.76. The van der Waals surface area contributed by atoms with Gasteiger partial charge in [-0.3, -0.25) is 14.9 Å². The summed E-state index contributed by atoms with van der Waals surface area (Å²) in [5.74, 6) is 0.248. The second-order valence-electron chi connectivity index (χ2n) is 8.13. The van der Waals surface area contributed by atoms with Crippen molar-refractivity contribution in [1.29, 1.82) is 0 Å². The monoisotopic (exact) mass is 588 g/mol. The number of fused-ring (bicyclic) bond motifs is 1. The largest absolute Gasteiger partial charge is 0.481 e. The van der Waals surface area contributed by atoms with Gasteiger partial charge >= 0.3 is 5.69 Å². The molecule has 0 spiro atoms. The van der Waals surface area contributed by atoms with E-state index in [0.717, 1.165) is 4.47 Å². The highest BCUT2D eigenvalue weighted by Gasteiger charge is 2.22. The van der Waals surface area contributed by atoms with Gasteiger partial charge in [0.15, 0.2) is 0 Å². The molecule has 4 rings (SSSR count). The van der Waals surface area contributed by atoms with Crippen LogP contribution in [-0.4, -0.2) is 20.8 Å². The number of hydrogen-bond donors (Lipinski definition) is 0. The zero-order valence-corrected chi connectivity index (χ0v) is 22.2. The molecule has 36 heavy (non-hydrogen) atoms. The molecule has 3 aromatic carbocycles. The van der Waals surface area contributed by atoms with E-state index >= 15 is 0 Å². The third-order valence-corrected chi connectivity index (χ3v) is 6.33. The first-order valence-corrected chi connectivity index (χ1v) is 12.3. The smallest absolute Gasteiger partial charge is 0.313 e. The fourth-order valence-electron chi connectivity index (χ4n) is 3.53. The summed E-state index contributed by atoms with van der Waals surface area (Å²) >= 11 is 15.8. The summed E-state index contributed by atoms with van der Waals surface area (Å²) in [7, 11) is 0. The number of benzene rings is 3. The molecular weight excluding hydrogens is 571 g/mol. The molecule has 0 saturated heterocycles. The van der Waals surface area contributed by atoms with Crippen LogP contribution < -0.4 is 10.3 Å². The number of halogens is 3. The predicted molar refractivity (Wildman–Crippen MR) is 145 cm³/mol. The van der Waals surface area contributed by atoms with Gasteiger partial charge in [0.2, 0.25) is 5.75 Å². The molecule has 0 bridgehead atoms. The number of nitro groups is 1. The van der Waals surface area contributed by atoms with Crippen molar-refractivity contribution >= 4 is 61.9 Å². The van der Waals surface area contributed by atoms with Crippen LogP contribution >= 0.6 is 39.1 Å². The van der Waals surface area contributed by atoms with Crippen molar-refractivity contribution in [3.05, 3.63) is 107 Å². The third kappa shape index (κ3) is 5.43. The number of nitrogens with zero attached hydrogens (tertiary/aromatic N) is 4. The van der Waals surface area contributed by atoms with E-state index in [4.69, 9.17) is 27.9 Å². The van der Waals surface area contributed by atoms with Gasteiger partial charge in [0, 0.05) is 37.6 Å². The summed E-state index contributed by atoms with van der Waals surface area (Å²) in [5.41, 5.74) is 0.691. The van der Waals surface area contributed by atoms with Crippen LogP contribution in [0.25, 0.3) is 10.9 Å². The normalized spacial score (nSPS) is 11.5. The number of hydrogen-bond acceptors (Lipinski definition) is 6. The van der Waals surface area contributed by atoms with E-state index in [2.05, 4.69) is 26.0 Å². The Hall–Kier alpha value is -3.27. The molecule has 0 radical (unpaired) electrons. The molecule has 184 valence electrons. The molecule has 11 heteroatoms. The number of ether oxygens (including phenoxy) is 1. The number of nitro benzene ring substituents is 1. The summed E-state index contributed by atoms with van der Waals surface area (Å²) in [6, 6.07) is 14.9. The molecule has 0 fully saturated rings. The van der Waals surface area contributed by atoms with Crippen LogP contribution in [0, 0.1) is 10.1 Å². The molecule has 0 amide bonds. The van der Waals surface area contributed by atoms with Gasteiger partial charge in [0.1, 0.15) is 12.4 Å². The Morgan fingerprint density at radius 1 is 1.19 bits per heavy atom. The molecule has 0 aliphatic heterocycles. The van der Waals surface area contributed by atoms with Crippen molar-refractivity contribution in [3.8, 4) is 5.75 Å². The molecule has 0 N–H and O–H groups in total. The molecule has 0 saturated carbocycles. The first kappa shape index (κ1) is 25.8. The van der Waals surface area contributed by atoms with Crippen molar-refractivity contribution < 1.29 is 9.66 Å². The number of aromatic nitrogens is 2. The van der Waals surface area contributed by atoms with E-state index < -0.39 is 4.92 Å². The second-order valence-corrected chi connectivity index (χ2v) is 9.89. The second kappa shape index (κ2) is 10.8. The Kier molecular flexibility index (Phi) is 7.73. The molecule has 0 unspecified atom stereocenters. The van der Waals surface area contributed by atoms with Crippen LogP contribution in [0.2, 0.25) is 10.0 Å². The van der Waals surface area contributed by atoms with E-state index in [0.29, 0.717) is 27.3 Å². The minimum atomic E-state index is -0.591. The lowest BCUT2D eigenvalue weighted by atomic mass is 10.1. The Labute approximate surface area is 224 Å². The maximum Gasteiger partial charge on any atom is 0.313 e. The molecule has 4 aromatic rings. The van der Waals surface area contributed by atoms with Crippen LogP contribution in [0.15, 0.2) is 69.0 Å². The van der Waals surface area contributed by atoms with Crippen molar-refractivity contribution in [2.45, 2.75) is 26.4 Å². The first-order chi connectivity index (χ1) is 17.2. The number of rotatable bonds is 7. The zero-order chi connectivity index (χ0) is 26.0. The van der Waals surface area contributed by atoms with Crippen LogP contribution in [0.3, 0.4) is 0 Å². The Bertz CT molecular complexity index is 1570. The topological polar surface area (TPSA) is 99.6 Å². The quantitative estimate of drug-likeness (QED) is 0.132. The summed E-state index contributed by atoms with van der Waals surface area (Å²) in [5, 5.41) is 17.1. The lowest BCUT2D eigenvalue weighted by Gasteiger charge is -2.13. The van der Waals surface area contributed by atoms with Crippen molar-refractivity contribution in [2.24, 2.45) is 5.10 Å². The molecule has 1 heterocycles. The highest BCUT2D eigenvalue weighted by molar-refractivity contribution is 9.10. The Morgan fingerprint density at radius 3 is 2.64 bits per heavy atom. The van der Waals surface area contributed by atoms with E-state index in [1.54, 1.807) is 42.5 Å². The lowest BCUT2D eigenvalue weighted by molar-refractivity contribution is -0.385. The van der Waals surface area contributed by atoms with Gasteiger partial charge < -0.3 is 4.74 Å². The van der Waals surface area contributed by atoms with Crippen LogP contribution in [0.5, 0.6) is 5.75 Å². The van der Waals surface area contributed by atoms with E-state index in [1.807, 2.05) is 13.8 Å². The van der Waals surface area contributed by atoms with Gasteiger partial charge in [-0.1, -0.05) is 71.2 Å². The Morgan fingerprint density at radius 2 is 1.94 bits per heavy atom. The molecule has 0 atom stereocenters. The van der Waals surface area contributed by atoms with Crippen molar-refractivity contribution in [1.82, 2.24) is 9.66 Å². The third-order valence-electron chi connectivity index (χ3n) is 5.25. The maximum absolute atomic E-state index is 13.3. The highest BCUT2D eigenvalue weighted by atomic mass is 79.9. The molecule has 0 aliphatic rings. The summed E-state index contributed by atoms with van der Waals surface area (Å²) in [6.07, 6.45) is 1.31. The fourth-order valence-corrected chi connectivity index (χ4v) is 4.30. The van der Waals surface area contributed by atoms with E-state index in [1.165, 1.54) is 23.0 Å². The van der Waals surface area contributed by atoms with Crippen LogP contribution in [-0.2, 0) is 6.61 Å². The van der Waals surface area contributed by atoms with Gasteiger partial charge in [0.25, 0.3) is 5.56 Å². The van der Waals surface area contributed by atoms with Crippen molar-refractivity contribution in [3.63, 3.8) is 0 Å². The minimum Gasteiger partial charge on any atom is -0.481 e. The highest BCUT2D eigenvalue weighted by Crippen LogP contribution is 2.35. The maximum atomic E-state index is 13.3.